The lowest BCUT2D eigenvalue weighted by molar-refractivity contribution is -0.134. The summed E-state index contributed by atoms with van der Waals surface area (Å²) < 4.78 is 41.5. The molecule has 1 fully saturated rings. The van der Waals surface area contributed by atoms with E-state index in [0.29, 0.717) is 24.4 Å². The van der Waals surface area contributed by atoms with Crippen molar-refractivity contribution in [2.75, 3.05) is 24.7 Å². The Balaban J connectivity index is 2.08. The molecular weight excluding hydrogens is 259 g/mol. The average molecular weight is 273 g/mol. The van der Waals surface area contributed by atoms with Gasteiger partial charge >= 0.3 is 6.18 Å². The number of ether oxygens (including phenoxy) is 1. The highest BCUT2D eigenvalue weighted by Crippen LogP contribution is 2.24. The molecule has 0 aliphatic carbocycles. The molecule has 19 heavy (non-hydrogen) atoms. The molecule has 1 aliphatic heterocycles. The van der Waals surface area contributed by atoms with Crippen molar-refractivity contribution in [3.63, 3.8) is 0 Å². The van der Waals surface area contributed by atoms with Crippen LogP contribution in [-0.2, 0) is 16.0 Å². The largest absolute Gasteiger partial charge is 0.389 e. The molecule has 3 nitrogen and oxygen atoms in total. The lowest BCUT2D eigenvalue weighted by Crippen LogP contribution is -2.41. The van der Waals surface area contributed by atoms with E-state index in [1.54, 1.807) is 29.2 Å². The molecule has 1 heterocycles. The Kier molecular flexibility index (Phi) is 4.09. The molecule has 1 aromatic carbocycles. The Hall–Kier alpha value is -1.56. The zero-order chi connectivity index (χ0) is 13.9. The Morgan fingerprint density at radius 1 is 1.32 bits per heavy atom. The van der Waals surface area contributed by atoms with Gasteiger partial charge in [-0.2, -0.15) is 13.2 Å². The van der Waals surface area contributed by atoms with Gasteiger partial charge in [-0.3, -0.25) is 4.79 Å². The van der Waals surface area contributed by atoms with Gasteiger partial charge in [-0.25, -0.2) is 0 Å². The van der Waals surface area contributed by atoms with Crippen LogP contribution in [0.25, 0.3) is 0 Å². The Morgan fingerprint density at radius 2 is 2.11 bits per heavy atom. The first-order chi connectivity index (χ1) is 8.96. The van der Waals surface area contributed by atoms with Crippen LogP contribution in [0, 0.1) is 0 Å². The normalized spacial score (nSPS) is 16.8. The first kappa shape index (κ1) is 13.9. The Morgan fingerprint density at radius 3 is 2.79 bits per heavy atom. The quantitative estimate of drug-likeness (QED) is 0.847. The maximum absolute atomic E-state index is 12.2. The van der Waals surface area contributed by atoms with E-state index in [1.807, 2.05) is 0 Å². The van der Waals surface area contributed by atoms with Crippen LogP contribution in [0.4, 0.5) is 18.9 Å². The van der Waals surface area contributed by atoms with Crippen molar-refractivity contribution in [2.24, 2.45) is 0 Å². The fourth-order valence-electron chi connectivity index (χ4n) is 1.96. The molecule has 0 spiro atoms. The maximum Gasteiger partial charge on any atom is 0.389 e. The van der Waals surface area contributed by atoms with Crippen LogP contribution in [0.15, 0.2) is 24.3 Å². The Bertz CT molecular complexity index is 459. The predicted molar refractivity (Wildman–Crippen MR) is 64.0 cm³/mol. The minimum Gasteiger partial charge on any atom is -0.370 e. The molecule has 0 atom stereocenters. The third-order valence-corrected chi connectivity index (χ3v) is 2.91. The molecular formula is C13H14F3NO2. The highest BCUT2D eigenvalue weighted by Gasteiger charge is 2.26. The van der Waals surface area contributed by atoms with E-state index in [4.69, 9.17) is 4.74 Å². The second-order valence-electron chi connectivity index (χ2n) is 4.38. The number of morpholine rings is 1. The van der Waals surface area contributed by atoms with E-state index >= 15 is 0 Å². The predicted octanol–water partition coefficient (Wildman–Crippen LogP) is 2.54. The highest BCUT2D eigenvalue weighted by atomic mass is 19.4. The van der Waals surface area contributed by atoms with Gasteiger partial charge in [0.25, 0.3) is 5.91 Å². The molecule has 104 valence electrons. The summed E-state index contributed by atoms with van der Waals surface area (Å²) >= 11 is 0. The number of aryl methyl sites for hydroxylation is 1. The van der Waals surface area contributed by atoms with E-state index in [-0.39, 0.29) is 18.9 Å². The molecule has 1 aliphatic rings. The molecule has 0 saturated carbocycles. The van der Waals surface area contributed by atoms with Crippen molar-refractivity contribution in [1.29, 1.82) is 0 Å². The van der Waals surface area contributed by atoms with Gasteiger partial charge in [0.15, 0.2) is 0 Å². The standard InChI is InChI=1S/C13H14F3NO2/c14-13(15,16)5-4-10-2-1-3-11(8-10)17-6-7-19-9-12(17)18/h1-3,8H,4-7,9H2. The van der Waals surface area contributed by atoms with E-state index in [9.17, 15) is 18.0 Å². The number of halogens is 3. The number of hydrogen-bond acceptors (Lipinski definition) is 2. The minimum atomic E-state index is -4.16. The maximum atomic E-state index is 12.2. The van der Waals surface area contributed by atoms with E-state index < -0.39 is 12.6 Å². The monoisotopic (exact) mass is 273 g/mol. The Labute approximate surface area is 109 Å². The van der Waals surface area contributed by atoms with Crippen LogP contribution in [0.2, 0.25) is 0 Å². The fourth-order valence-corrected chi connectivity index (χ4v) is 1.96. The number of anilines is 1. The number of hydrogen-bond donors (Lipinski definition) is 0. The molecule has 0 radical (unpaired) electrons. The molecule has 1 aromatic rings. The van der Waals surface area contributed by atoms with Gasteiger partial charge in [-0.1, -0.05) is 12.1 Å². The summed E-state index contributed by atoms with van der Waals surface area (Å²) in [6, 6.07) is 6.67. The van der Waals surface area contributed by atoms with Crippen LogP contribution in [-0.4, -0.2) is 31.8 Å². The third kappa shape index (κ3) is 3.96. The van der Waals surface area contributed by atoms with Crippen molar-refractivity contribution in [1.82, 2.24) is 0 Å². The average Bonchev–Trinajstić information content (AvgIpc) is 2.36. The van der Waals surface area contributed by atoms with E-state index in [1.165, 1.54) is 0 Å². The van der Waals surface area contributed by atoms with Crippen molar-refractivity contribution >= 4 is 11.6 Å². The lowest BCUT2D eigenvalue weighted by Gasteiger charge is -2.27. The van der Waals surface area contributed by atoms with E-state index in [2.05, 4.69) is 0 Å². The van der Waals surface area contributed by atoms with Crippen molar-refractivity contribution in [3.05, 3.63) is 29.8 Å². The van der Waals surface area contributed by atoms with Crippen LogP contribution in [0.1, 0.15) is 12.0 Å². The van der Waals surface area contributed by atoms with Crippen LogP contribution >= 0.6 is 0 Å². The molecule has 0 unspecified atom stereocenters. The molecule has 0 bridgehead atoms. The van der Waals surface area contributed by atoms with Crippen LogP contribution in [0.3, 0.4) is 0 Å². The van der Waals surface area contributed by atoms with Crippen molar-refractivity contribution in [3.8, 4) is 0 Å². The number of rotatable bonds is 3. The zero-order valence-electron chi connectivity index (χ0n) is 10.2. The summed E-state index contributed by atoms with van der Waals surface area (Å²) in [7, 11) is 0. The van der Waals surface area contributed by atoms with Crippen LogP contribution < -0.4 is 4.90 Å². The minimum absolute atomic E-state index is 0.0206. The molecule has 1 amide bonds. The van der Waals surface area contributed by atoms with E-state index in [0.717, 1.165) is 0 Å². The van der Waals surface area contributed by atoms with Gasteiger partial charge in [0.05, 0.1) is 6.61 Å². The van der Waals surface area contributed by atoms with Crippen LogP contribution in [0.5, 0.6) is 0 Å². The topological polar surface area (TPSA) is 29.5 Å². The number of amides is 1. The van der Waals surface area contributed by atoms with Gasteiger partial charge in [-0.15, -0.1) is 0 Å². The summed E-state index contributed by atoms with van der Waals surface area (Å²) in [6.45, 7) is 0.896. The fraction of sp³-hybridized carbons (Fsp3) is 0.462. The SMILES string of the molecule is O=C1COCCN1c1cccc(CCC(F)(F)F)c1. The smallest absolute Gasteiger partial charge is 0.370 e. The first-order valence-corrected chi connectivity index (χ1v) is 5.99. The number of alkyl halides is 3. The first-order valence-electron chi connectivity index (χ1n) is 5.99. The third-order valence-electron chi connectivity index (χ3n) is 2.91. The summed E-state index contributed by atoms with van der Waals surface area (Å²) in [5, 5.41) is 0. The van der Waals surface area contributed by atoms with Gasteiger partial charge < -0.3 is 9.64 Å². The second-order valence-corrected chi connectivity index (χ2v) is 4.38. The summed E-state index contributed by atoms with van der Waals surface area (Å²) in [4.78, 5) is 13.2. The second kappa shape index (κ2) is 5.61. The number of carbonyl (C=O) groups excluding carboxylic acids is 1. The van der Waals surface area contributed by atoms with Gasteiger partial charge in [0.1, 0.15) is 6.61 Å². The molecule has 2 rings (SSSR count). The highest BCUT2D eigenvalue weighted by molar-refractivity contribution is 5.94. The zero-order valence-corrected chi connectivity index (χ0v) is 10.2. The summed E-state index contributed by atoms with van der Waals surface area (Å²) in [5.74, 6) is -0.167. The van der Waals surface area contributed by atoms with Gasteiger partial charge in [0.2, 0.25) is 0 Å². The molecule has 1 saturated heterocycles. The lowest BCUT2D eigenvalue weighted by atomic mass is 10.1. The van der Waals surface area contributed by atoms with Gasteiger partial charge in [0, 0.05) is 18.7 Å². The molecule has 0 N–H and O–H groups in total. The van der Waals surface area contributed by atoms with Gasteiger partial charge in [-0.05, 0) is 24.1 Å². The number of benzene rings is 1. The molecule has 0 aromatic heterocycles. The van der Waals surface area contributed by atoms with Crippen molar-refractivity contribution in [2.45, 2.75) is 19.0 Å². The summed E-state index contributed by atoms with van der Waals surface area (Å²) in [5.41, 5.74) is 1.21. The number of nitrogens with zero attached hydrogens (tertiary/aromatic N) is 1. The van der Waals surface area contributed by atoms with Crippen molar-refractivity contribution < 1.29 is 22.7 Å². The summed E-state index contributed by atoms with van der Waals surface area (Å²) in [6.07, 6.45) is -5.09. The number of carbonyl (C=O) groups is 1. The molecule has 6 heteroatoms.